The van der Waals surface area contributed by atoms with E-state index in [1.54, 1.807) is 13.0 Å². The topological polar surface area (TPSA) is 75.3 Å². The first-order valence-electron chi connectivity index (χ1n) is 9.35. The van der Waals surface area contributed by atoms with Gasteiger partial charge >= 0.3 is 5.97 Å². The van der Waals surface area contributed by atoms with Crippen LogP contribution in [0.3, 0.4) is 0 Å². The molecule has 1 amide bonds. The number of esters is 1. The molecule has 0 spiro atoms. The van der Waals surface area contributed by atoms with Gasteiger partial charge in [0.2, 0.25) is 0 Å². The van der Waals surface area contributed by atoms with Crippen molar-refractivity contribution in [1.29, 1.82) is 0 Å². The lowest BCUT2D eigenvalue weighted by atomic mass is 9.86. The van der Waals surface area contributed by atoms with Gasteiger partial charge in [-0.15, -0.1) is 0 Å². The summed E-state index contributed by atoms with van der Waals surface area (Å²) in [6.07, 6.45) is 1.87. The van der Waals surface area contributed by atoms with Crippen LogP contribution in [0, 0.1) is 6.92 Å². The molecule has 1 atom stereocenters. The summed E-state index contributed by atoms with van der Waals surface area (Å²) in [6.45, 7) is 8.77. The Morgan fingerprint density at radius 1 is 1.26 bits per heavy atom. The van der Waals surface area contributed by atoms with Crippen LogP contribution in [0.15, 0.2) is 30.3 Å². The van der Waals surface area contributed by atoms with E-state index in [4.69, 9.17) is 4.74 Å². The van der Waals surface area contributed by atoms with E-state index < -0.39 is 5.97 Å². The van der Waals surface area contributed by atoms with Crippen LogP contribution >= 0.6 is 0 Å². The Morgan fingerprint density at radius 2 is 1.96 bits per heavy atom. The fourth-order valence-corrected chi connectivity index (χ4v) is 3.42. The van der Waals surface area contributed by atoms with Gasteiger partial charge in [-0.3, -0.25) is 9.89 Å². The number of nitrogens with one attached hydrogen (secondary N) is 1. The highest BCUT2D eigenvalue weighted by Crippen LogP contribution is 2.33. The molecule has 1 N–H and O–H groups in total. The molecule has 1 saturated heterocycles. The average molecular weight is 369 g/mol. The number of hydrogen-bond donors (Lipinski definition) is 1. The second-order valence-electron chi connectivity index (χ2n) is 8.13. The Hall–Kier alpha value is -2.63. The molecule has 1 aromatic heterocycles. The Morgan fingerprint density at radius 3 is 2.56 bits per heavy atom. The zero-order chi connectivity index (χ0) is 19.6. The van der Waals surface area contributed by atoms with E-state index in [1.165, 1.54) is 5.56 Å². The normalized spacial score (nSPS) is 17.2. The van der Waals surface area contributed by atoms with Crippen molar-refractivity contribution in [3.8, 4) is 0 Å². The lowest BCUT2D eigenvalue weighted by Crippen LogP contribution is -2.34. The maximum atomic E-state index is 12.6. The zero-order valence-corrected chi connectivity index (χ0v) is 16.4. The van der Waals surface area contributed by atoms with E-state index in [2.05, 4.69) is 55.2 Å². The van der Waals surface area contributed by atoms with Gasteiger partial charge in [-0.2, -0.15) is 5.10 Å². The van der Waals surface area contributed by atoms with Gasteiger partial charge in [0.15, 0.2) is 12.3 Å². The third-order valence-electron chi connectivity index (χ3n) is 4.98. The van der Waals surface area contributed by atoms with E-state index in [0.717, 1.165) is 24.1 Å². The average Bonchev–Trinajstić information content (AvgIpc) is 3.28. The fraction of sp³-hybridized carbons (Fsp3) is 0.476. The molecule has 2 aromatic rings. The highest BCUT2D eigenvalue weighted by atomic mass is 16.5. The lowest BCUT2D eigenvalue weighted by molar-refractivity contribution is -0.135. The number of carbonyl (C=O) groups excluding carboxylic acids is 2. The van der Waals surface area contributed by atoms with Gasteiger partial charge in [0.05, 0.1) is 6.04 Å². The van der Waals surface area contributed by atoms with Crippen LogP contribution in [0.2, 0.25) is 0 Å². The van der Waals surface area contributed by atoms with Gasteiger partial charge in [0, 0.05) is 12.2 Å². The van der Waals surface area contributed by atoms with E-state index in [0.29, 0.717) is 6.54 Å². The predicted molar refractivity (Wildman–Crippen MR) is 102 cm³/mol. The molecule has 0 unspecified atom stereocenters. The molecule has 0 radical (unpaired) electrons. The number of aromatic nitrogens is 2. The van der Waals surface area contributed by atoms with Crippen molar-refractivity contribution in [2.24, 2.45) is 0 Å². The summed E-state index contributed by atoms with van der Waals surface area (Å²) in [5.74, 6) is -0.754. The largest absolute Gasteiger partial charge is 0.451 e. The Balaban J connectivity index is 1.63. The fourth-order valence-electron chi connectivity index (χ4n) is 3.42. The molecular formula is C21H27N3O3. The van der Waals surface area contributed by atoms with E-state index >= 15 is 0 Å². The molecule has 0 bridgehead atoms. The number of ether oxygens (including phenoxy) is 1. The molecule has 144 valence electrons. The number of amides is 1. The number of hydrogen-bond acceptors (Lipinski definition) is 4. The van der Waals surface area contributed by atoms with Gasteiger partial charge < -0.3 is 9.64 Å². The number of carbonyl (C=O) groups is 2. The van der Waals surface area contributed by atoms with Gasteiger partial charge in [0.1, 0.15) is 0 Å². The summed E-state index contributed by atoms with van der Waals surface area (Å²) in [7, 11) is 0. The first-order chi connectivity index (χ1) is 12.8. The highest BCUT2D eigenvalue weighted by Gasteiger charge is 2.30. The van der Waals surface area contributed by atoms with Crippen LogP contribution in [0.5, 0.6) is 0 Å². The third kappa shape index (κ3) is 4.38. The van der Waals surface area contributed by atoms with Crippen molar-refractivity contribution >= 4 is 11.9 Å². The molecule has 0 aliphatic carbocycles. The standard InChI is InChI=1S/C21H27N3O3/c1-14-12-17(23-22-14)20(26)27-13-19(25)24-11-5-6-18(24)15-7-9-16(10-8-15)21(2,3)4/h7-10,12,18H,5-6,11,13H2,1-4H3,(H,22,23)/t18-/m1/s1. The van der Waals surface area contributed by atoms with Gasteiger partial charge in [0.25, 0.3) is 5.91 Å². The number of benzene rings is 1. The quantitative estimate of drug-likeness (QED) is 0.837. The van der Waals surface area contributed by atoms with Crippen molar-refractivity contribution in [2.75, 3.05) is 13.2 Å². The first-order valence-corrected chi connectivity index (χ1v) is 9.35. The number of aryl methyl sites for hydroxylation is 1. The molecule has 6 nitrogen and oxygen atoms in total. The van der Waals surface area contributed by atoms with Crippen LogP contribution in [0.25, 0.3) is 0 Å². The molecule has 2 heterocycles. The number of likely N-dealkylation sites (tertiary alicyclic amines) is 1. The first kappa shape index (κ1) is 19.1. The minimum Gasteiger partial charge on any atom is -0.451 e. The summed E-state index contributed by atoms with van der Waals surface area (Å²) in [5.41, 5.74) is 3.46. The number of rotatable bonds is 4. The summed E-state index contributed by atoms with van der Waals surface area (Å²) in [5, 5.41) is 6.55. The van der Waals surface area contributed by atoms with Gasteiger partial charge in [-0.1, -0.05) is 45.0 Å². The molecule has 6 heteroatoms. The molecule has 1 aliphatic rings. The zero-order valence-electron chi connectivity index (χ0n) is 16.4. The summed E-state index contributed by atoms with van der Waals surface area (Å²) in [4.78, 5) is 26.4. The minimum atomic E-state index is -0.585. The molecule has 1 aromatic carbocycles. The molecular weight excluding hydrogens is 342 g/mol. The second-order valence-corrected chi connectivity index (χ2v) is 8.13. The third-order valence-corrected chi connectivity index (χ3v) is 4.98. The highest BCUT2D eigenvalue weighted by molar-refractivity contribution is 5.89. The van der Waals surface area contributed by atoms with Crippen LogP contribution in [0.1, 0.15) is 67.0 Å². The monoisotopic (exact) mass is 369 g/mol. The van der Waals surface area contributed by atoms with Gasteiger partial charge in [-0.05, 0) is 42.4 Å². The van der Waals surface area contributed by atoms with Crippen molar-refractivity contribution < 1.29 is 14.3 Å². The van der Waals surface area contributed by atoms with Crippen LogP contribution in [-0.4, -0.2) is 40.1 Å². The second kappa shape index (κ2) is 7.55. The number of H-pyrrole nitrogens is 1. The maximum Gasteiger partial charge on any atom is 0.359 e. The van der Waals surface area contributed by atoms with Crippen molar-refractivity contribution in [3.05, 3.63) is 52.8 Å². The maximum absolute atomic E-state index is 12.6. The van der Waals surface area contributed by atoms with Gasteiger partial charge in [-0.25, -0.2) is 4.79 Å². The molecule has 27 heavy (non-hydrogen) atoms. The number of aromatic amines is 1. The van der Waals surface area contributed by atoms with Crippen molar-refractivity contribution in [2.45, 2.75) is 52.0 Å². The lowest BCUT2D eigenvalue weighted by Gasteiger charge is -2.26. The SMILES string of the molecule is Cc1cc(C(=O)OCC(=O)N2CCC[C@@H]2c2ccc(C(C)(C)C)cc2)n[nH]1. The smallest absolute Gasteiger partial charge is 0.359 e. The summed E-state index contributed by atoms with van der Waals surface area (Å²) in [6, 6.07) is 10.1. The number of nitrogens with zero attached hydrogens (tertiary/aromatic N) is 2. The van der Waals surface area contributed by atoms with Crippen LogP contribution in [0.4, 0.5) is 0 Å². The van der Waals surface area contributed by atoms with Crippen molar-refractivity contribution in [1.82, 2.24) is 15.1 Å². The molecule has 1 aliphatic heterocycles. The van der Waals surface area contributed by atoms with Crippen LogP contribution < -0.4 is 0 Å². The predicted octanol–water partition coefficient (Wildman–Crippen LogP) is 3.54. The summed E-state index contributed by atoms with van der Waals surface area (Å²) >= 11 is 0. The Bertz CT molecular complexity index is 818. The van der Waals surface area contributed by atoms with Crippen molar-refractivity contribution in [3.63, 3.8) is 0 Å². The minimum absolute atomic E-state index is 0.0397. The Labute approximate surface area is 159 Å². The summed E-state index contributed by atoms with van der Waals surface area (Å²) < 4.78 is 5.15. The molecule has 1 fully saturated rings. The van der Waals surface area contributed by atoms with E-state index in [-0.39, 0.29) is 29.7 Å². The molecule has 3 rings (SSSR count). The van der Waals surface area contributed by atoms with E-state index in [1.807, 2.05) is 4.90 Å². The Kier molecular flexibility index (Phi) is 5.35. The molecule has 0 saturated carbocycles. The van der Waals surface area contributed by atoms with Crippen LogP contribution in [-0.2, 0) is 14.9 Å². The van der Waals surface area contributed by atoms with E-state index in [9.17, 15) is 9.59 Å².